The van der Waals surface area contributed by atoms with Gasteiger partial charge in [-0.2, -0.15) is 0 Å². The first-order valence-corrected chi connectivity index (χ1v) is 6.65. The van der Waals surface area contributed by atoms with Gasteiger partial charge in [0, 0.05) is 19.8 Å². The highest BCUT2D eigenvalue weighted by Crippen LogP contribution is 2.02. The fraction of sp³-hybridized carbons (Fsp3) is 0.615. The number of ketones is 1. The summed E-state index contributed by atoms with van der Waals surface area (Å²) in [5.74, 6) is -3.96. The van der Waals surface area contributed by atoms with Crippen molar-refractivity contribution in [1.29, 1.82) is 0 Å². The van der Waals surface area contributed by atoms with Crippen molar-refractivity contribution in [2.75, 3.05) is 0 Å². The number of carboxylic acid groups (broad SMARTS) is 2. The van der Waals surface area contributed by atoms with Crippen LogP contribution in [0.15, 0.2) is 0 Å². The van der Waals surface area contributed by atoms with Crippen molar-refractivity contribution in [3.05, 3.63) is 0 Å². The second kappa shape index (κ2) is 9.48. The molecule has 0 aliphatic rings. The molecule has 9 heteroatoms. The van der Waals surface area contributed by atoms with Gasteiger partial charge >= 0.3 is 11.9 Å². The molecular formula is C13H20N2O7. The minimum atomic E-state index is -1.28. The molecule has 0 aliphatic heterocycles. The minimum absolute atomic E-state index is 0.0148. The van der Waals surface area contributed by atoms with Crippen molar-refractivity contribution in [2.45, 2.75) is 51.6 Å². The molecule has 0 aromatic rings. The number of rotatable bonds is 10. The number of carbonyl (C=O) groups excluding carboxylic acids is 3. The summed E-state index contributed by atoms with van der Waals surface area (Å²) < 4.78 is 0. The largest absolute Gasteiger partial charge is 0.480 e. The molecule has 0 aliphatic carbocycles. The lowest BCUT2D eigenvalue weighted by atomic mass is 10.1. The van der Waals surface area contributed by atoms with Gasteiger partial charge in [0.1, 0.15) is 17.9 Å². The summed E-state index contributed by atoms with van der Waals surface area (Å²) in [6.45, 7) is 2.46. The maximum atomic E-state index is 11.7. The molecule has 0 spiro atoms. The maximum absolute atomic E-state index is 11.7. The number of nitrogens with one attached hydrogen (secondary N) is 2. The molecule has 0 aromatic heterocycles. The number of hydrogen-bond donors (Lipinski definition) is 4. The van der Waals surface area contributed by atoms with Crippen LogP contribution in [-0.4, -0.2) is 51.8 Å². The lowest BCUT2D eigenvalue weighted by molar-refractivity contribution is -0.143. The molecule has 2 atom stereocenters. The van der Waals surface area contributed by atoms with Crippen molar-refractivity contribution < 1.29 is 34.2 Å². The van der Waals surface area contributed by atoms with Gasteiger partial charge in [-0.05, 0) is 19.8 Å². The average molecular weight is 316 g/mol. The zero-order chi connectivity index (χ0) is 17.3. The summed E-state index contributed by atoms with van der Waals surface area (Å²) in [5, 5.41) is 22.2. The predicted octanol–water partition coefficient (Wildman–Crippen LogP) is -0.705. The molecule has 2 amide bonds. The smallest absolute Gasteiger partial charge is 0.326 e. The van der Waals surface area contributed by atoms with Crippen LogP contribution in [-0.2, 0) is 24.0 Å². The van der Waals surface area contributed by atoms with Gasteiger partial charge in [0.2, 0.25) is 11.8 Å². The first-order valence-electron chi connectivity index (χ1n) is 6.65. The van der Waals surface area contributed by atoms with Crippen molar-refractivity contribution in [3.8, 4) is 0 Å². The molecule has 0 aromatic carbocycles. The van der Waals surface area contributed by atoms with E-state index in [0.29, 0.717) is 0 Å². The van der Waals surface area contributed by atoms with Crippen LogP contribution < -0.4 is 10.6 Å². The van der Waals surface area contributed by atoms with Gasteiger partial charge in [-0.15, -0.1) is 0 Å². The van der Waals surface area contributed by atoms with Crippen LogP contribution >= 0.6 is 0 Å². The van der Waals surface area contributed by atoms with Crippen LogP contribution in [0.1, 0.15) is 39.5 Å². The molecular weight excluding hydrogens is 296 g/mol. The number of amides is 2. The molecule has 0 saturated carbocycles. The van der Waals surface area contributed by atoms with Crippen LogP contribution in [0.2, 0.25) is 0 Å². The third-order valence-corrected chi connectivity index (χ3v) is 2.75. The van der Waals surface area contributed by atoms with Gasteiger partial charge in [-0.3, -0.25) is 9.59 Å². The van der Waals surface area contributed by atoms with Crippen LogP contribution in [0.25, 0.3) is 0 Å². The Hall–Kier alpha value is -2.45. The Labute approximate surface area is 127 Å². The highest BCUT2D eigenvalue weighted by Gasteiger charge is 2.23. The van der Waals surface area contributed by atoms with E-state index in [1.165, 1.54) is 6.92 Å². The van der Waals surface area contributed by atoms with Crippen LogP contribution in [0.4, 0.5) is 0 Å². The molecule has 0 unspecified atom stereocenters. The summed E-state index contributed by atoms with van der Waals surface area (Å²) >= 11 is 0. The van der Waals surface area contributed by atoms with E-state index < -0.39 is 35.8 Å². The van der Waals surface area contributed by atoms with Crippen LogP contribution in [0.3, 0.4) is 0 Å². The highest BCUT2D eigenvalue weighted by molar-refractivity contribution is 5.86. The van der Waals surface area contributed by atoms with E-state index in [1.54, 1.807) is 0 Å². The van der Waals surface area contributed by atoms with Crippen molar-refractivity contribution in [1.82, 2.24) is 10.6 Å². The van der Waals surface area contributed by atoms with Gasteiger partial charge < -0.3 is 25.6 Å². The Morgan fingerprint density at radius 2 is 1.27 bits per heavy atom. The Balaban J connectivity index is 4.44. The highest BCUT2D eigenvalue weighted by atomic mass is 16.4. The molecule has 22 heavy (non-hydrogen) atoms. The first-order chi connectivity index (χ1) is 10.1. The molecule has 124 valence electrons. The zero-order valence-electron chi connectivity index (χ0n) is 12.4. The van der Waals surface area contributed by atoms with E-state index >= 15 is 0 Å². The molecule has 4 N–H and O–H groups in total. The second-order valence-electron chi connectivity index (χ2n) is 4.83. The lowest BCUT2D eigenvalue weighted by Crippen LogP contribution is -2.43. The van der Waals surface area contributed by atoms with Gasteiger partial charge in [0.25, 0.3) is 0 Å². The molecule has 0 saturated heterocycles. The molecule has 0 heterocycles. The predicted molar refractivity (Wildman–Crippen MR) is 74.0 cm³/mol. The summed E-state index contributed by atoms with van der Waals surface area (Å²) in [6.07, 6.45) is -0.452. The number of aliphatic carboxylic acids is 2. The van der Waals surface area contributed by atoms with Crippen molar-refractivity contribution in [3.63, 3.8) is 0 Å². The maximum Gasteiger partial charge on any atom is 0.326 e. The Kier molecular flexibility index (Phi) is 8.42. The topological polar surface area (TPSA) is 150 Å². The molecule has 0 radical (unpaired) electrons. The zero-order valence-corrected chi connectivity index (χ0v) is 12.4. The standard InChI is InChI=1S/C13H20N2O7/c1-7(16)3-4-10(13(21)22)15-11(18)6-5-9(12(19)20)14-8(2)17/h9-10H,3-6H2,1-2H3,(H,14,17)(H,15,18)(H,19,20)(H,21,22)/t9-,10-/m0/s1. The Morgan fingerprint density at radius 1 is 0.818 bits per heavy atom. The number of hydrogen-bond acceptors (Lipinski definition) is 5. The minimum Gasteiger partial charge on any atom is -0.480 e. The van der Waals surface area contributed by atoms with Crippen molar-refractivity contribution in [2.24, 2.45) is 0 Å². The SMILES string of the molecule is CC(=O)CC[C@H](NC(=O)CC[C@H](NC(C)=O)C(=O)O)C(=O)O. The summed E-state index contributed by atoms with van der Waals surface area (Å²) in [5.41, 5.74) is 0. The fourth-order valence-corrected chi connectivity index (χ4v) is 1.65. The average Bonchev–Trinajstić information content (AvgIpc) is 2.37. The van der Waals surface area contributed by atoms with Gasteiger partial charge in [-0.1, -0.05) is 0 Å². The third kappa shape index (κ3) is 8.67. The van der Waals surface area contributed by atoms with Gasteiger partial charge in [0.05, 0.1) is 0 Å². The third-order valence-electron chi connectivity index (χ3n) is 2.75. The summed E-state index contributed by atoms with van der Waals surface area (Å²) in [6, 6.07) is -2.43. The monoisotopic (exact) mass is 316 g/mol. The molecule has 0 bridgehead atoms. The number of carbonyl (C=O) groups is 5. The van der Waals surface area contributed by atoms with E-state index in [-0.39, 0.29) is 31.5 Å². The molecule has 9 nitrogen and oxygen atoms in total. The van der Waals surface area contributed by atoms with Crippen LogP contribution in [0.5, 0.6) is 0 Å². The van der Waals surface area contributed by atoms with Gasteiger partial charge in [-0.25, -0.2) is 9.59 Å². The normalized spacial score (nSPS) is 12.8. The summed E-state index contributed by atoms with van der Waals surface area (Å²) in [7, 11) is 0. The van der Waals surface area contributed by atoms with E-state index in [1.807, 2.05) is 0 Å². The van der Waals surface area contributed by atoms with Gasteiger partial charge in [0.15, 0.2) is 0 Å². The Bertz CT molecular complexity index is 461. The number of carboxylic acids is 2. The Morgan fingerprint density at radius 3 is 1.68 bits per heavy atom. The van der Waals surface area contributed by atoms with Crippen molar-refractivity contribution >= 4 is 29.5 Å². The lowest BCUT2D eigenvalue weighted by Gasteiger charge is -2.16. The molecule has 0 fully saturated rings. The first kappa shape index (κ1) is 19.6. The van der Waals surface area contributed by atoms with E-state index in [4.69, 9.17) is 10.2 Å². The second-order valence-corrected chi connectivity index (χ2v) is 4.83. The molecule has 0 rings (SSSR count). The van der Waals surface area contributed by atoms with E-state index in [0.717, 1.165) is 6.92 Å². The fourth-order valence-electron chi connectivity index (χ4n) is 1.65. The number of Topliss-reactive ketones (excluding diaryl/α,β-unsaturated/α-hetero) is 1. The van der Waals surface area contributed by atoms with Crippen LogP contribution in [0, 0.1) is 0 Å². The van der Waals surface area contributed by atoms with E-state index in [9.17, 15) is 24.0 Å². The van der Waals surface area contributed by atoms with E-state index in [2.05, 4.69) is 10.6 Å². The quantitative estimate of drug-likeness (QED) is 0.416. The summed E-state index contributed by atoms with van der Waals surface area (Å²) in [4.78, 5) is 55.2.